The molecule has 0 aromatic heterocycles. The van der Waals surface area contributed by atoms with E-state index in [1.165, 1.54) is 13.4 Å². The van der Waals surface area contributed by atoms with Crippen molar-refractivity contribution in [3.63, 3.8) is 0 Å². The van der Waals surface area contributed by atoms with Gasteiger partial charge < -0.3 is 4.74 Å². The predicted molar refractivity (Wildman–Crippen MR) is 72.3 cm³/mol. The number of ether oxygens (including phenoxy) is 1. The summed E-state index contributed by atoms with van der Waals surface area (Å²) in [4.78, 5) is 12.6. The molecule has 100 valence electrons. The molecule has 1 saturated heterocycles. The van der Waals surface area contributed by atoms with E-state index in [0.717, 1.165) is 5.75 Å². The fraction of sp³-hybridized carbons (Fsp3) is 0.889. The van der Waals surface area contributed by atoms with Crippen LogP contribution < -0.4 is 0 Å². The average molecular weight is 346 g/mol. The van der Waals surface area contributed by atoms with Gasteiger partial charge in [-0.05, 0) is 0 Å². The number of rotatable bonds is 4. The Morgan fingerprint density at radius 3 is 2.82 bits per heavy atom. The van der Waals surface area contributed by atoms with Gasteiger partial charge in [0.1, 0.15) is 10.2 Å². The first-order chi connectivity index (χ1) is 7.86. The molecule has 0 N–H and O–H groups in total. The lowest BCUT2D eigenvalue weighted by Crippen LogP contribution is -2.49. The number of hydrogen-bond acceptors (Lipinski definition) is 6. The summed E-state index contributed by atoms with van der Waals surface area (Å²) in [5.74, 6) is 1.06. The summed E-state index contributed by atoms with van der Waals surface area (Å²) in [7, 11) is -1.80. The summed E-state index contributed by atoms with van der Waals surface area (Å²) in [5.41, 5.74) is 0. The number of sulfone groups is 1. The molecule has 2 atom stereocenters. The minimum Gasteiger partial charge on any atom is -0.468 e. The molecule has 2 unspecified atom stereocenters. The first-order valence-electron chi connectivity index (χ1n) is 5.09. The highest BCUT2D eigenvalue weighted by Gasteiger charge is 2.33. The second-order valence-electron chi connectivity index (χ2n) is 3.84. The molecule has 0 radical (unpaired) electrons. The van der Waals surface area contributed by atoms with Gasteiger partial charge in [-0.3, -0.25) is 9.69 Å². The summed E-state index contributed by atoms with van der Waals surface area (Å²) in [6.07, 6.45) is 1.23. The Morgan fingerprint density at radius 1 is 1.65 bits per heavy atom. The van der Waals surface area contributed by atoms with Crippen LogP contribution in [0.25, 0.3) is 0 Å². The summed E-state index contributed by atoms with van der Waals surface area (Å²) in [6.45, 7) is 1.02. The zero-order chi connectivity index (χ0) is 13.1. The summed E-state index contributed by atoms with van der Waals surface area (Å²) >= 11 is 4.84. The van der Waals surface area contributed by atoms with Crippen molar-refractivity contribution in [1.82, 2.24) is 4.90 Å². The largest absolute Gasteiger partial charge is 0.468 e. The van der Waals surface area contributed by atoms with E-state index < -0.39 is 20.0 Å². The molecule has 1 aliphatic rings. The van der Waals surface area contributed by atoms with E-state index in [-0.39, 0.29) is 5.97 Å². The van der Waals surface area contributed by atoms with Crippen molar-refractivity contribution in [2.75, 3.05) is 38.0 Å². The maximum Gasteiger partial charge on any atom is 0.320 e. The van der Waals surface area contributed by atoms with Gasteiger partial charge >= 0.3 is 5.97 Å². The SMILES string of the molecule is COC(=O)C(Br)CN1CCSCC1S(C)(=O)=O. The highest BCUT2D eigenvalue weighted by atomic mass is 79.9. The molecule has 0 amide bonds. The van der Waals surface area contributed by atoms with E-state index >= 15 is 0 Å². The van der Waals surface area contributed by atoms with Gasteiger partial charge in [-0.15, -0.1) is 0 Å². The topological polar surface area (TPSA) is 63.7 Å². The molecule has 5 nitrogen and oxygen atoms in total. The van der Waals surface area contributed by atoms with Crippen molar-refractivity contribution in [2.45, 2.75) is 10.2 Å². The van der Waals surface area contributed by atoms with Gasteiger partial charge in [0.25, 0.3) is 0 Å². The number of hydrogen-bond donors (Lipinski definition) is 0. The van der Waals surface area contributed by atoms with E-state index in [9.17, 15) is 13.2 Å². The smallest absolute Gasteiger partial charge is 0.320 e. The number of methoxy groups -OCH3 is 1. The van der Waals surface area contributed by atoms with Crippen LogP contribution in [0.1, 0.15) is 0 Å². The van der Waals surface area contributed by atoms with Crippen molar-refractivity contribution in [1.29, 1.82) is 0 Å². The molecule has 17 heavy (non-hydrogen) atoms. The third-order valence-corrected chi connectivity index (χ3v) is 5.89. The number of carbonyl (C=O) groups excluding carboxylic acids is 1. The molecule has 0 aromatic rings. The van der Waals surface area contributed by atoms with E-state index in [2.05, 4.69) is 20.7 Å². The van der Waals surface area contributed by atoms with Crippen LogP contribution in [-0.2, 0) is 19.4 Å². The summed E-state index contributed by atoms with van der Waals surface area (Å²) < 4.78 is 27.9. The summed E-state index contributed by atoms with van der Waals surface area (Å²) in [5, 5.41) is -0.508. The number of nitrogens with zero attached hydrogens (tertiary/aromatic N) is 1. The Hall–Kier alpha value is 0.210. The first-order valence-corrected chi connectivity index (χ1v) is 9.11. The lowest BCUT2D eigenvalue weighted by atomic mass is 10.3. The second kappa shape index (κ2) is 6.40. The lowest BCUT2D eigenvalue weighted by molar-refractivity contribution is -0.140. The van der Waals surface area contributed by atoms with Gasteiger partial charge in [0, 0.05) is 30.9 Å². The average Bonchev–Trinajstić information content (AvgIpc) is 2.27. The quantitative estimate of drug-likeness (QED) is 0.541. The minimum absolute atomic E-state index is 0.352. The minimum atomic E-state index is -3.12. The van der Waals surface area contributed by atoms with Crippen molar-refractivity contribution in [2.24, 2.45) is 0 Å². The molecular weight excluding hydrogens is 330 g/mol. The molecule has 1 rings (SSSR count). The highest BCUT2D eigenvalue weighted by Crippen LogP contribution is 2.21. The number of carbonyl (C=O) groups is 1. The lowest BCUT2D eigenvalue weighted by Gasteiger charge is -2.34. The van der Waals surface area contributed by atoms with Crippen LogP contribution in [0.3, 0.4) is 0 Å². The number of esters is 1. The normalized spacial score (nSPS) is 24.3. The van der Waals surface area contributed by atoms with Crippen molar-refractivity contribution < 1.29 is 17.9 Å². The summed E-state index contributed by atoms with van der Waals surface area (Å²) in [6, 6.07) is 0. The fourth-order valence-corrected chi connectivity index (χ4v) is 5.14. The van der Waals surface area contributed by atoms with Gasteiger partial charge in [-0.1, -0.05) is 15.9 Å². The van der Waals surface area contributed by atoms with Gasteiger partial charge in [0.15, 0.2) is 9.84 Å². The van der Waals surface area contributed by atoms with E-state index in [1.807, 2.05) is 4.90 Å². The number of halogens is 1. The molecule has 0 saturated carbocycles. The molecule has 1 heterocycles. The maximum absolute atomic E-state index is 11.6. The van der Waals surface area contributed by atoms with Crippen molar-refractivity contribution in [3.05, 3.63) is 0 Å². The van der Waals surface area contributed by atoms with Crippen LogP contribution in [-0.4, -0.2) is 67.4 Å². The van der Waals surface area contributed by atoms with Crippen LogP contribution in [0.2, 0.25) is 0 Å². The number of thioether (sulfide) groups is 1. The molecule has 0 aliphatic carbocycles. The van der Waals surface area contributed by atoms with Crippen molar-refractivity contribution >= 4 is 43.5 Å². The molecule has 8 heteroatoms. The van der Waals surface area contributed by atoms with Crippen LogP contribution >= 0.6 is 27.7 Å². The van der Waals surface area contributed by atoms with Crippen LogP contribution in [0.4, 0.5) is 0 Å². The second-order valence-corrected chi connectivity index (χ2v) is 8.30. The van der Waals surface area contributed by atoms with Crippen molar-refractivity contribution in [3.8, 4) is 0 Å². The molecule has 1 aliphatic heterocycles. The van der Waals surface area contributed by atoms with Gasteiger partial charge in [-0.2, -0.15) is 11.8 Å². The van der Waals surface area contributed by atoms with Gasteiger partial charge in [-0.25, -0.2) is 8.42 Å². The Balaban J connectivity index is 2.70. The van der Waals surface area contributed by atoms with Gasteiger partial charge in [0.05, 0.1) is 7.11 Å². The van der Waals surface area contributed by atoms with E-state index in [4.69, 9.17) is 0 Å². The zero-order valence-corrected chi connectivity index (χ0v) is 13.0. The fourth-order valence-electron chi connectivity index (χ4n) is 1.63. The monoisotopic (exact) mass is 345 g/mol. The molecule has 0 aromatic carbocycles. The maximum atomic E-state index is 11.6. The molecular formula is C9H16BrNO4S2. The first kappa shape index (κ1) is 15.3. The number of alkyl halides is 1. The zero-order valence-electron chi connectivity index (χ0n) is 9.76. The Labute approximate surface area is 114 Å². The van der Waals surface area contributed by atoms with Gasteiger partial charge in [0.2, 0.25) is 0 Å². The third-order valence-electron chi connectivity index (χ3n) is 2.54. The highest BCUT2D eigenvalue weighted by molar-refractivity contribution is 9.10. The Morgan fingerprint density at radius 2 is 2.29 bits per heavy atom. The standard InChI is InChI=1S/C9H16BrNO4S2/c1-15-9(12)7(10)5-11-3-4-16-6-8(11)17(2,13)14/h7-8H,3-6H2,1-2H3. The third kappa shape index (κ3) is 4.42. The van der Waals surface area contributed by atoms with Crippen LogP contribution in [0.5, 0.6) is 0 Å². The molecule has 1 fully saturated rings. The van der Waals surface area contributed by atoms with E-state index in [1.54, 1.807) is 11.8 Å². The van der Waals surface area contributed by atoms with E-state index in [0.29, 0.717) is 18.8 Å². The Bertz CT molecular complexity index is 373. The van der Waals surface area contributed by atoms with Crippen LogP contribution in [0, 0.1) is 0 Å². The molecule has 0 bridgehead atoms. The van der Waals surface area contributed by atoms with Crippen LogP contribution in [0.15, 0.2) is 0 Å². The Kier molecular flexibility index (Phi) is 5.75. The molecule has 0 spiro atoms. The predicted octanol–water partition coefficient (Wildman–Crippen LogP) is 0.342.